The van der Waals surface area contributed by atoms with Gasteiger partial charge in [0.25, 0.3) is 5.91 Å². The van der Waals surface area contributed by atoms with E-state index in [0.717, 1.165) is 30.8 Å². The molecular formula is C20H27N5O2. The lowest BCUT2D eigenvalue weighted by Gasteiger charge is -2.31. The van der Waals surface area contributed by atoms with Gasteiger partial charge < -0.3 is 9.88 Å². The summed E-state index contributed by atoms with van der Waals surface area (Å²) in [6.45, 7) is 4.03. The molecule has 3 heterocycles. The molecule has 1 aliphatic heterocycles. The zero-order valence-electron chi connectivity index (χ0n) is 15.9. The van der Waals surface area contributed by atoms with Crippen LogP contribution in [0.3, 0.4) is 0 Å². The lowest BCUT2D eigenvalue weighted by atomic mass is 9.96. The molecule has 0 aromatic carbocycles. The van der Waals surface area contributed by atoms with Gasteiger partial charge in [-0.3, -0.25) is 14.3 Å². The Balaban J connectivity index is 1.32. The van der Waals surface area contributed by atoms with Crippen LogP contribution in [0.5, 0.6) is 0 Å². The third-order valence-electron chi connectivity index (χ3n) is 5.96. The van der Waals surface area contributed by atoms with Gasteiger partial charge in [0.1, 0.15) is 5.56 Å². The minimum atomic E-state index is -0.208. The number of H-pyrrole nitrogens is 1. The van der Waals surface area contributed by atoms with Crippen LogP contribution in [0.1, 0.15) is 66.2 Å². The van der Waals surface area contributed by atoms with Gasteiger partial charge in [-0.25, -0.2) is 0 Å². The van der Waals surface area contributed by atoms with Gasteiger partial charge in [-0.15, -0.1) is 5.10 Å². The maximum absolute atomic E-state index is 12.6. The van der Waals surface area contributed by atoms with Crippen LogP contribution in [-0.2, 0) is 6.54 Å². The highest BCUT2D eigenvalue weighted by Gasteiger charge is 2.26. The number of nitrogens with one attached hydrogen (secondary N) is 1. The van der Waals surface area contributed by atoms with Crippen LogP contribution in [0.4, 0.5) is 0 Å². The molecule has 144 valence electrons. The highest BCUT2D eigenvalue weighted by molar-refractivity contribution is 5.93. The van der Waals surface area contributed by atoms with Gasteiger partial charge in [0.15, 0.2) is 5.43 Å². The van der Waals surface area contributed by atoms with Crippen LogP contribution in [0, 0.1) is 12.8 Å². The van der Waals surface area contributed by atoms with Crippen molar-refractivity contribution in [2.45, 2.75) is 57.9 Å². The second kappa shape index (κ2) is 7.66. The van der Waals surface area contributed by atoms with Crippen molar-refractivity contribution in [3.05, 3.63) is 45.6 Å². The SMILES string of the molecule is Cc1cc(=O)c(C(=O)N2CCC(Cn3cc(C4CCCC4)nn3)CC2)c[nH]1. The van der Waals surface area contributed by atoms with E-state index in [-0.39, 0.29) is 16.9 Å². The van der Waals surface area contributed by atoms with Crippen LogP contribution >= 0.6 is 0 Å². The topological polar surface area (TPSA) is 83.9 Å². The number of likely N-dealkylation sites (tertiary alicyclic amines) is 1. The largest absolute Gasteiger partial charge is 0.364 e. The molecule has 1 saturated heterocycles. The number of piperidine rings is 1. The van der Waals surface area contributed by atoms with Crippen molar-refractivity contribution in [2.24, 2.45) is 5.92 Å². The van der Waals surface area contributed by atoms with Gasteiger partial charge in [-0.1, -0.05) is 18.1 Å². The predicted octanol–water partition coefficient (Wildman–Crippen LogP) is 2.48. The van der Waals surface area contributed by atoms with E-state index in [1.807, 2.05) is 11.6 Å². The fraction of sp³-hybridized carbons (Fsp3) is 0.600. The first-order chi connectivity index (χ1) is 13.1. The molecule has 4 rings (SSSR count). The number of aromatic nitrogens is 4. The van der Waals surface area contributed by atoms with Gasteiger partial charge in [-0.05, 0) is 38.5 Å². The summed E-state index contributed by atoms with van der Waals surface area (Å²) in [5, 5.41) is 8.69. The van der Waals surface area contributed by atoms with E-state index >= 15 is 0 Å². The molecule has 1 N–H and O–H groups in total. The van der Waals surface area contributed by atoms with Crippen molar-refractivity contribution in [2.75, 3.05) is 13.1 Å². The van der Waals surface area contributed by atoms with Crippen molar-refractivity contribution < 1.29 is 4.79 Å². The van der Waals surface area contributed by atoms with Crippen molar-refractivity contribution in [3.63, 3.8) is 0 Å². The molecule has 27 heavy (non-hydrogen) atoms. The van der Waals surface area contributed by atoms with Crippen molar-refractivity contribution in [1.29, 1.82) is 0 Å². The van der Waals surface area contributed by atoms with Crippen LogP contribution < -0.4 is 5.43 Å². The van der Waals surface area contributed by atoms with E-state index in [9.17, 15) is 9.59 Å². The Morgan fingerprint density at radius 2 is 1.96 bits per heavy atom. The lowest BCUT2D eigenvalue weighted by Crippen LogP contribution is -2.41. The van der Waals surface area contributed by atoms with Crippen LogP contribution in [0.15, 0.2) is 23.3 Å². The predicted molar refractivity (Wildman–Crippen MR) is 102 cm³/mol. The number of hydrogen-bond donors (Lipinski definition) is 1. The Hall–Kier alpha value is -2.44. The van der Waals surface area contributed by atoms with E-state index in [4.69, 9.17) is 0 Å². The van der Waals surface area contributed by atoms with E-state index in [1.54, 1.807) is 4.90 Å². The normalized spacial score (nSPS) is 18.9. The van der Waals surface area contributed by atoms with Crippen molar-refractivity contribution >= 4 is 5.91 Å². The van der Waals surface area contributed by atoms with Crippen LogP contribution in [0.25, 0.3) is 0 Å². The maximum Gasteiger partial charge on any atom is 0.259 e. The van der Waals surface area contributed by atoms with Crippen LogP contribution in [-0.4, -0.2) is 43.9 Å². The van der Waals surface area contributed by atoms with Gasteiger partial charge in [0.05, 0.1) is 5.69 Å². The Morgan fingerprint density at radius 1 is 1.22 bits per heavy atom. The smallest absolute Gasteiger partial charge is 0.259 e. The minimum absolute atomic E-state index is 0.168. The summed E-state index contributed by atoms with van der Waals surface area (Å²) in [5.74, 6) is 0.910. The molecule has 1 amide bonds. The zero-order valence-corrected chi connectivity index (χ0v) is 15.9. The first kappa shape index (κ1) is 17.9. The van der Waals surface area contributed by atoms with E-state index in [0.29, 0.717) is 24.9 Å². The fourth-order valence-electron chi connectivity index (χ4n) is 4.31. The fourth-order valence-corrected chi connectivity index (χ4v) is 4.31. The molecule has 7 heteroatoms. The number of aromatic amines is 1. The summed E-state index contributed by atoms with van der Waals surface area (Å²) >= 11 is 0. The molecule has 0 bridgehead atoms. The summed E-state index contributed by atoms with van der Waals surface area (Å²) in [6.07, 6.45) is 10.6. The molecule has 0 atom stereocenters. The second-order valence-electron chi connectivity index (χ2n) is 7.98. The highest BCUT2D eigenvalue weighted by Crippen LogP contribution is 2.32. The Labute approximate surface area is 158 Å². The monoisotopic (exact) mass is 369 g/mol. The number of nitrogens with zero attached hydrogens (tertiary/aromatic N) is 4. The molecule has 2 aromatic heterocycles. The van der Waals surface area contributed by atoms with Gasteiger partial charge in [0.2, 0.25) is 0 Å². The maximum atomic E-state index is 12.6. The van der Waals surface area contributed by atoms with Gasteiger partial charge in [0, 0.05) is 49.7 Å². The van der Waals surface area contributed by atoms with E-state index < -0.39 is 0 Å². The van der Waals surface area contributed by atoms with E-state index in [1.165, 1.54) is 37.9 Å². The molecule has 0 unspecified atom stereocenters. The van der Waals surface area contributed by atoms with Gasteiger partial charge in [-0.2, -0.15) is 0 Å². The quantitative estimate of drug-likeness (QED) is 0.897. The minimum Gasteiger partial charge on any atom is -0.364 e. The summed E-state index contributed by atoms with van der Waals surface area (Å²) < 4.78 is 1.97. The highest BCUT2D eigenvalue weighted by atomic mass is 16.2. The third kappa shape index (κ3) is 3.96. The second-order valence-corrected chi connectivity index (χ2v) is 7.98. The number of rotatable bonds is 4. The summed E-state index contributed by atoms with van der Waals surface area (Å²) in [4.78, 5) is 29.4. The van der Waals surface area contributed by atoms with E-state index in [2.05, 4.69) is 21.5 Å². The average molecular weight is 369 g/mol. The number of hydrogen-bond acceptors (Lipinski definition) is 4. The molecule has 2 aliphatic rings. The number of aryl methyl sites for hydroxylation is 1. The number of pyridine rings is 1. The molecule has 2 aromatic rings. The lowest BCUT2D eigenvalue weighted by molar-refractivity contribution is 0.0679. The third-order valence-corrected chi connectivity index (χ3v) is 5.96. The molecular weight excluding hydrogens is 342 g/mol. The number of carbonyl (C=O) groups is 1. The average Bonchev–Trinajstić information content (AvgIpc) is 3.33. The van der Waals surface area contributed by atoms with Crippen LogP contribution in [0.2, 0.25) is 0 Å². The molecule has 7 nitrogen and oxygen atoms in total. The van der Waals surface area contributed by atoms with Gasteiger partial charge >= 0.3 is 0 Å². The standard InChI is InChI=1S/C20H27N5O2/c1-14-10-19(26)17(11-21-14)20(27)24-8-6-15(7-9-24)12-25-13-18(22-23-25)16-4-2-3-5-16/h10-11,13,15-16H,2-9,12H2,1H3,(H,21,26). The first-order valence-corrected chi connectivity index (χ1v) is 9.99. The Bertz CT molecular complexity index is 857. The molecule has 1 aliphatic carbocycles. The first-order valence-electron chi connectivity index (χ1n) is 9.99. The number of carbonyl (C=O) groups excluding carboxylic acids is 1. The molecule has 2 fully saturated rings. The summed E-state index contributed by atoms with van der Waals surface area (Å²) in [7, 11) is 0. The van der Waals surface area contributed by atoms with Crippen molar-refractivity contribution in [1.82, 2.24) is 24.9 Å². The zero-order chi connectivity index (χ0) is 18.8. The van der Waals surface area contributed by atoms with Crippen molar-refractivity contribution in [3.8, 4) is 0 Å². The Morgan fingerprint density at radius 3 is 2.67 bits per heavy atom. The summed E-state index contributed by atoms with van der Waals surface area (Å²) in [6, 6.07) is 1.48. The number of amides is 1. The molecule has 0 spiro atoms. The molecule has 1 saturated carbocycles. The summed E-state index contributed by atoms with van der Waals surface area (Å²) in [5.41, 5.74) is 1.93. The molecule has 0 radical (unpaired) electrons. The Kier molecular flexibility index (Phi) is 5.09.